The van der Waals surface area contributed by atoms with E-state index < -0.39 is 12.2 Å². The minimum absolute atomic E-state index is 0.243. The Morgan fingerprint density at radius 3 is 2.00 bits per heavy atom. The molecule has 1 rings (SSSR count). The maximum absolute atomic E-state index is 12.3. The maximum Gasteiger partial charge on any atom is 0.500 e. The Kier molecular flexibility index (Phi) is 1.81. The van der Waals surface area contributed by atoms with Gasteiger partial charge in [0.25, 0.3) is 0 Å². The first-order valence-corrected chi connectivity index (χ1v) is 2.85. The smallest absolute Gasteiger partial charge is 0.250 e. The number of alkyl halides is 5. The topological polar surface area (TPSA) is 19.7 Å². The lowest BCUT2D eigenvalue weighted by Gasteiger charge is -2.14. The Morgan fingerprint density at radius 2 is 1.67 bits per heavy atom. The third-order valence-electron chi connectivity index (χ3n) is 1.21. The molecule has 0 atom stereocenters. The van der Waals surface area contributed by atoms with Crippen LogP contribution in [-0.4, -0.2) is 11.2 Å². The SMILES string of the molecule is FC(F)(F)C(F)(F)[n+]1cc[nH]c1. The summed E-state index contributed by atoms with van der Waals surface area (Å²) in [5.74, 6) is 0. The van der Waals surface area contributed by atoms with E-state index in [-0.39, 0.29) is 4.57 Å². The van der Waals surface area contributed by atoms with Gasteiger partial charge in [-0.2, -0.15) is 26.5 Å². The number of imidazole rings is 1. The summed E-state index contributed by atoms with van der Waals surface area (Å²) in [4.78, 5) is 2.09. The highest BCUT2D eigenvalue weighted by Crippen LogP contribution is 2.34. The second-order valence-electron chi connectivity index (χ2n) is 2.06. The summed E-state index contributed by atoms with van der Waals surface area (Å²) in [5, 5.41) is 0. The zero-order valence-corrected chi connectivity index (χ0v) is 5.57. The molecule has 0 saturated carbocycles. The predicted molar refractivity (Wildman–Crippen MR) is 27.2 cm³/mol. The van der Waals surface area contributed by atoms with Gasteiger partial charge in [-0.05, 0) is 0 Å². The van der Waals surface area contributed by atoms with Crippen molar-refractivity contribution in [3.8, 4) is 0 Å². The summed E-state index contributed by atoms with van der Waals surface area (Å²) in [5.41, 5.74) is 0. The van der Waals surface area contributed by atoms with Crippen molar-refractivity contribution in [3.63, 3.8) is 0 Å². The first-order valence-electron chi connectivity index (χ1n) is 2.85. The average Bonchev–Trinajstić information content (AvgIpc) is 2.34. The van der Waals surface area contributed by atoms with Crippen LogP contribution in [0.15, 0.2) is 18.7 Å². The van der Waals surface area contributed by atoms with Crippen molar-refractivity contribution in [1.82, 2.24) is 4.98 Å². The first-order chi connectivity index (χ1) is 5.36. The Bertz CT molecular complexity index is 249. The fourth-order valence-corrected chi connectivity index (χ4v) is 0.611. The molecule has 1 N–H and O–H groups in total. The van der Waals surface area contributed by atoms with Crippen molar-refractivity contribution < 1.29 is 26.5 Å². The van der Waals surface area contributed by atoms with Crippen LogP contribution < -0.4 is 4.57 Å². The highest BCUT2D eigenvalue weighted by molar-refractivity contribution is 4.63. The number of nitrogens with zero attached hydrogens (tertiary/aromatic N) is 1. The molecule has 0 spiro atoms. The second-order valence-corrected chi connectivity index (χ2v) is 2.06. The molecule has 0 aliphatic carbocycles. The predicted octanol–water partition coefficient (Wildman–Crippen LogP) is 1.41. The highest BCUT2D eigenvalue weighted by Gasteiger charge is 2.63. The van der Waals surface area contributed by atoms with E-state index in [1.165, 1.54) is 0 Å². The number of nitrogens with one attached hydrogen (secondary N) is 1. The van der Waals surface area contributed by atoms with Crippen LogP contribution in [0.5, 0.6) is 0 Å². The molecule has 0 bridgehead atoms. The van der Waals surface area contributed by atoms with Gasteiger partial charge in [-0.1, -0.05) is 0 Å². The minimum atomic E-state index is -5.57. The van der Waals surface area contributed by atoms with Crippen molar-refractivity contribution in [2.24, 2.45) is 0 Å². The lowest BCUT2D eigenvalue weighted by atomic mass is 10.5. The summed E-state index contributed by atoms with van der Waals surface area (Å²) >= 11 is 0. The molecular formula is C5H4F5N2+. The van der Waals surface area contributed by atoms with Crippen LogP contribution in [-0.2, 0) is 6.05 Å². The number of hydrogen-bond donors (Lipinski definition) is 1. The quantitative estimate of drug-likeness (QED) is 0.506. The molecule has 0 saturated heterocycles. The summed E-state index contributed by atoms with van der Waals surface area (Å²) in [6.45, 7) is 0. The van der Waals surface area contributed by atoms with Gasteiger partial charge in [-0.25, -0.2) is 0 Å². The molecular weight excluding hydrogens is 183 g/mol. The van der Waals surface area contributed by atoms with Gasteiger partial charge in [0.05, 0.1) is 0 Å². The van der Waals surface area contributed by atoms with Gasteiger partial charge in [0.2, 0.25) is 6.33 Å². The van der Waals surface area contributed by atoms with Crippen LogP contribution >= 0.6 is 0 Å². The van der Waals surface area contributed by atoms with E-state index in [1.54, 1.807) is 0 Å². The molecule has 1 aromatic rings. The van der Waals surface area contributed by atoms with E-state index in [0.29, 0.717) is 12.5 Å². The normalized spacial score (nSPS) is 13.4. The lowest BCUT2D eigenvalue weighted by Crippen LogP contribution is -2.57. The van der Waals surface area contributed by atoms with E-state index in [1.807, 2.05) is 0 Å². The Balaban J connectivity index is 3.02. The van der Waals surface area contributed by atoms with E-state index in [0.717, 1.165) is 6.20 Å². The zero-order valence-electron chi connectivity index (χ0n) is 5.57. The van der Waals surface area contributed by atoms with Gasteiger partial charge in [0.15, 0.2) is 0 Å². The standard InChI is InChI=1S/C5H3F5N2/c6-4(7,8)5(9,10)12-2-1-11-3-12/h1-3H/p+1. The van der Waals surface area contributed by atoms with Gasteiger partial charge >= 0.3 is 12.2 Å². The molecule has 0 amide bonds. The summed E-state index contributed by atoms with van der Waals surface area (Å²) < 4.78 is 59.2. The van der Waals surface area contributed by atoms with Crippen molar-refractivity contribution in [1.29, 1.82) is 0 Å². The van der Waals surface area contributed by atoms with Crippen LogP contribution in [0.3, 0.4) is 0 Å². The maximum atomic E-state index is 12.3. The fourth-order valence-electron chi connectivity index (χ4n) is 0.611. The third-order valence-corrected chi connectivity index (χ3v) is 1.21. The number of rotatable bonds is 1. The number of aromatic nitrogens is 2. The Hall–Kier alpha value is -1.14. The molecule has 7 heteroatoms. The van der Waals surface area contributed by atoms with Crippen molar-refractivity contribution in [2.45, 2.75) is 12.2 Å². The van der Waals surface area contributed by atoms with Crippen LogP contribution in [0, 0.1) is 0 Å². The van der Waals surface area contributed by atoms with Crippen molar-refractivity contribution in [2.75, 3.05) is 0 Å². The summed E-state index contributed by atoms with van der Waals surface area (Å²) in [6.07, 6.45) is -3.46. The molecule has 0 aromatic carbocycles. The average molecular weight is 187 g/mol. The molecule has 2 nitrogen and oxygen atoms in total. The van der Waals surface area contributed by atoms with Crippen molar-refractivity contribution in [3.05, 3.63) is 18.7 Å². The number of halogens is 5. The third kappa shape index (κ3) is 1.26. The first kappa shape index (κ1) is 8.95. The van der Waals surface area contributed by atoms with E-state index in [4.69, 9.17) is 0 Å². The molecule has 68 valence electrons. The lowest BCUT2D eigenvalue weighted by molar-refractivity contribution is -0.850. The summed E-state index contributed by atoms with van der Waals surface area (Å²) in [6, 6.07) is -4.85. The molecule has 0 aliphatic heterocycles. The van der Waals surface area contributed by atoms with E-state index in [2.05, 4.69) is 4.98 Å². The zero-order chi connectivity index (χ0) is 9.41. The molecule has 0 aliphatic rings. The molecule has 1 aromatic heterocycles. The fraction of sp³-hybridized carbons (Fsp3) is 0.400. The number of hydrogen-bond acceptors (Lipinski definition) is 0. The summed E-state index contributed by atoms with van der Waals surface area (Å²) in [7, 11) is 0. The van der Waals surface area contributed by atoms with Gasteiger partial charge in [-0.3, -0.25) is 4.98 Å². The van der Waals surface area contributed by atoms with Crippen LogP contribution in [0.2, 0.25) is 0 Å². The van der Waals surface area contributed by atoms with E-state index in [9.17, 15) is 22.0 Å². The van der Waals surface area contributed by atoms with Gasteiger partial charge in [0.1, 0.15) is 12.4 Å². The highest BCUT2D eigenvalue weighted by atomic mass is 19.4. The van der Waals surface area contributed by atoms with Crippen LogP contribution in [0.25, 0.3) is 0 Å². The van der Waals surface area contributed by atoms with Crippen LogP contribution in [0.4, 0.5) is 22.0 Å². The number of aromatic amines is 1. The largest absolute Gasteiger partial charge is 0.500 e. The molecule has 1 heterocycles. The van der Waals surface area contributed by atoms with E-state index >= 15 is 0 Å². The molecule has 0 fully saturated rings. The molecule has 0 unspecified atom stereocenters. The Labute approximate surface area is 63.6 Å². The van der Waals surface area contributed by atoms with Crippen molar-refractivity contribution >= 4 is 0 Å². The number of H-pyrrole nitrogens is 1. The minimum Gasteiger partial charge on any atom is -0.250 e. The van der Waals surface area contributed by atoms with Gasteiger partial charge in [-0.15, -0.1) is 0 Å². The molecule has 12 heavy (non-hydrogen) atoms. The molecule has 0 radical (unpaired) electrons. The monoisotopic (exact) mass is 187 g/mol. The van der Waals surface area contributed by atoms with Crippen LogP contribution in [0.1, 0.15) is 0 Å². The second kappa shape index (κ2) is 2.43. The van der Waals surface area contributed by atoms with Gasteiger partial charge in [0, 0.05) is 0 Å². The van der Waals surface area contributed by atoms with Gasteiger partial charge < -0.3 is 0 Å². The Morgan fingerprint density at radius 1 is 1.08 bits per heavy atom.